The van der Waals surface area contributed by atoms with Crippen LogP contribution in [0.5, 0.6) is 11.5 Å². The van der Waals surface area contributed by atoms with Crippen LogP contribution in [0.4, 0.5) is 0 Å². The van der Waals surface area contributed by atoms with Crippen molar-refractivity contribution in [2.45, 2.75) is 11.2 Å². The third-order valence-corrected chi connectivity index (χ3v) is 9.67. The molecule has 0 radical (unpaired) electrons. The van der Waals surface area contributed by atoms with Gasteiger partial charge in [0.05, 0.1) is 0 Å². The average molecular weight is 867 g/mol. The van der Waals surface area contributed by atoms with Crippen molar-refractivity contribution in [1.29, 1.82) is 0 Å². The van der Waals surface area contributed by atoms with Gasteiger partial charge in [0.1, 0.15) is 11.5 Å². The van der Waals surface area contributed by atoms with Gasteiger partial charge in [-0.1, -0.05) is 36.4 Å². The van der Waals surface area contributed by atoms with E-state index in [0.29, 0.717) is 0 Å². The van der Waals surface area contributed by atoms with Gasteiger partial charge in [-0.3, -0.25) is 9.13 Å². The number of aliphatic hydroxyl groups excluding tert-OH is 2. The van der Waals surface area contributed by atoms with Crippen LogP contribution in [-0.2, 0) is 100 Å². The van der Waals surface area contributed by atoms with Gasteiger partial charge in [0, 0.05) is 0 Å². The van der Waals surface area contributed by atoms with Gasteiger partial charge < -0.3 is 57.8 Å². The van der Waals surface area contributed by atoms with Gasteiger partial charge in [-0.25, -0.2) is 0 Å². The molecular formula is C14H14Cd3O14P4. The van der Waals surface area contributed by atoms with Gasteiger partial charge >= 0.3 is 81.9 Å². The second-order valence-electron chi connectivity index (χ2n) is 5.66. The maximum atomic E-state index is 11.1. The summed E-state index contributed by atoms with van der Waals surface area (Å²) in [7, 11) is -21.7. The fourth-order valence-electron chi connectivity index (χ4n) is 1.70. The summed E-state index contributed by atoms with van der Waals surface area (Å²) in [5.41, 5.74) is -6.17. The Morgan fingerprint density at radius 2 is 0.771 bits per heavy atom. The molecule has 0 aliphatic heterocycles. The molecule has 0 saturated heterocycles. The maximum absolute atomic E-state index is 11.1. The number of aliphatic hydroxyl groups is 2. The van der Waals surface area contributed by atoms with E-state index < -0.39 is 41.6 Å². The molecule has 21 heteroatoms. The van der Waals surface area contributed by atoms with Gasteiger partial charge in [0.2, 0.25) is 15.2 Å². The minimum atomic E-state index is -5.66. The number of para-hydroxylation sites is 2. The molecule has 0 saturated carbocycles. The topological polar surface area (TPSA) is 266 Å². The van der Waals surface area contributed by atoms with E-state index in [1.807, 2.05) is 0 Å². The summed E-state index contributed by atoms with van der Waals surface area (Å²) >= 11 is 0. The molecule has 4 atom stereocenters. The molecule has 14 nitrogen and oxygen atoms in total. The molecule has 4 unspecified atom stereocenters. The second-order valence-corrected chi connectivity index (χ2v) is 13.1. The Balaban J connectivity index is -0.000000539. The van der Waals surface area contributed by atoms with Crippen LogP contribution in [0.2, 0.25) is 0 Å². The minimum Gasteiger partial charge on any atom is -0.809 e. The number of benzene rings is 2. The Morgan fingerprint density at radius 1 is 0.543 bits per heavy atom. The van der Waals surface area contributed by atoms with Gasteiger partial charge in [-0.15, -0.1) is 0 Å². The first-order valence-electron chi connectivity index (χ1n) is 7.97. The predicted octanol–water partition coefficient (Wildman–Crippen LogP) is -2.39. The molecule has 0 fully saturated rings. The van der Waals surface area contributed by atoms with Gasteiger partial charge in [0.25, 0.3) is 0 Å². The van der Waals surface area contributed by atoms with Crippen molar-refractivity contribution in [1.82, 2.24) is 0 Å². The first-order chi connectivity index (χ1) is 14.5. The molecule has 0 bridgehead atoms. The summed E-state index contributed by atoms with van der Waals surface area (Å²) in [6, 6.07) is 13.8. The van der Waals surface area contributed by atoms with Crippen LogP contribution < -0.4 is 38.4 Å². The molecular weight excluding hydrogens is 853 g/mol. The third kappa shape index (κ3) is 15.0. The van der Waals surface area contributed by atoms with Gasteiger partial charge in [-0.05, 0) is 39.5 Å². The van der Waals surface area contributed by atoms with E-state index in [4.69, 9.17) is 10.2 Å². The van der Waals surface area contributed by atoms with Crippen molar-refractivity contribution in [2.75, 3.05) is 0 Å². The van der Waals surface area contributed by atoms with Crippen LogP contribution in [0.25, 0.3) is 0 Å². The summed E-state index contributed by atoms with van der Waals surface area (Å²) in [6.07, 6.45) is 0. The van der Waals surface area contributed by atoms with Crippen LogP contribution in [0.1, 0.15) is 0 Å². The van der Waals surface area contributed by atoms with Gasteiger partial charge in [0.15, 0.2) is 11.2 Å². The van der Waals surface area contributed by atoms with E-state index in [1.165, 1.54) is 48.5 Å². The zero-order valence-corrected chi connectivity index (χ0v) is 33.3. The summed E-state index contributed by atoms with van der Waals surface area (Å²) < 4.78 is 51.5. The van der Waals surface area contributed by atoms with E-state index >= 15 is 0 Å². The Kier molecular flexibility index (Phi) is 20.1. The fourth-order valence-corrected chi connectivity index (χ4v) is 5.77. The quantitative estimate of drug-likeness (QED) is 0.207. The molecule has 0 spiro atoms. The number of hydrogen-bond donors (Lipinski definition) is 2. The molecule has 0 aromatic heterocycles. The fraction of sp³-hybridized carbons (Fsp3) is 0.143. The van der Waals surface area contributed by atoms with Crippen molar-refractivity contribution >= 4 is 30.4 Å². The van der Waals surface area contributed by atoms with Crippen molar-refractivity contribution in [3.8, 4) is 11.5 Å². The molecule has 2 N–H and O–H groups in total. The van der Waals surface area contributed by atoms with E-state index in [9.17, 15) is 47.6 Å². The standard InChI is InChI=1S/2C7H10O7P2.3Cd/c2*8-7(15(9,10)11)16(12,13)14-6-4-2-1-3-5-6;;;/h2*1-5,7-8H,(H,12,13)(H2,9,10,11);;;/q;;3*+2/p-6. The van der Waals surface area contributed by atoms with E-state index in [2.05, 4.69) is 9.05 Å². The summed E-state index contributed by atoms with van der Waals surface area (Å²) in [4.78, 5) is 63.6. The van der Waals surface area contributed by atoms with Crippen molar-refractivity contribution in [3.05, 3.63) is 60.7 Å². The van der Waals surface area contributed by atoms with Crippen molar-refractivity contribution < 1.29 is 149 Å². The first-order valence-corrected chi connectivity index (χ1v) is 14.4. The Hall–Kier alpha value is 1.41. The zero-order chi connectivity index (χ0) is 24.8. The van der Waals surface area contributed by atoms with E-state index in [-0.39, 0.29) is 93.4 Å². The molecule has 0 aliphatic rings. The van der Waals surface area contributed by atoms with E-state index in [0.717, 1.165) is 0 Å². The SMILES string of the molecule is O=P([O-])([O-])C(O)P(=O)([O-])Oc1ccccc1.O=P([O-])([O-])C(O)P(=O)([O-])Oc1ccccc1.[Cd+2].[Cd+2].[Cd+2]. The van der Waals surface area contributed by atoms with Crippen molar-refractivity contribution in [3.63, 3.8) is 0 Å². The molecule has 180 valence electrons. The average Bonchev–Trinajstić information content (AvgIpc) is 2.67. The second kappa shape index (κ2) is 17.2. The maximum Gasteiger partial charge on any atom is 2.00 e. The zero-order valence-electron chi connectivity index (χ0n) is 17.6. The third-order valence-electron chi connectivity index (χ3n) is 3.08. The van der Waals surface area contributed by atoms with Gasteiger partial charge in [-0.2, -0.15) is 0 Å². The predicted molar refractivity (Wildman–Crippen MR) is 96.6 cm³/mol. The normalized spacial score (nSPS) is 16.0. The van der Waals surface area contributed by atoms with Crippen LogP contribution in [0.3, 0.4) is 0 Å². The van der Waals surface area contributed by atoms with Crippen LogP contribution >= 0.6 is 30.4 Å². The smallest absolute Gasteiger partial charge is 0.809 e. The van der Waals surface area contributed by atoms with Crippen LogP contribution in [-0.4, -0.2) is 21.4 Å². The summed E-state index contributed by atoms with van der Waals surface area (Å²) in [5, 5.41) is 17.6. The first kappa shape index (κ1) is 40.9. The summed E-state index contributed by atoms with van der Waals surface area (Å²) in [5.74, 6) is -0.373. The van der Waals surface area contributed by atoms with Crippen LogP contribution in [0.15, 0.2) is 60.7 Å². The largest absolute Gasteiger partial charge is 2.00 e. The number of rotatable bonds is 8. The number of hydrogen-bond acceptors (Lipinski definition) is 14. The molecule has 0 heterocycles. The molecule has 2 aromatic rings. The van der Waals surface area contributed by atoms with Crippen molar-refractivity contribution in [2.24, 2.45) is 0 Å². The molecule has 2 aromatic carbocycles. The Bertz CT molecular complexity index is 979. The Morgan fingerprint density at radius 3 is 0.971 bits per heavy atom. The molecule has 0 amide bonds. The molecule has 2 rings (SSSR count). The van der Waals surface area contributed by atoms with Crippen LogP contribution in [0, 0.1) is 0 Å². The monoisotopic (exact) mass is 872 g/mol. The molecule has 0 aliphatic carbocycles. The molecule has 35 heavy (non-hydrogen) atoms. The van der Waals surface area contributed by atoms with E-state index in [1.54, 1.807) is 12.1 Å². The Labute approximate surface area is 260 Å². The summed E-state index contributed by atoms with van der Waals surface area (Å²) in [6.45, 7) is 0. The minimum absolute atomic E-state index is 0.